The number of para-hydroxylation sites is 1. The van der Waals surface area contributed by atoms with Gasteiger partial charge in [0.25, 0.3) is 0 Å². The first-order valence-electron chi connectivity index (χ1n) is 6.07. The number of hydrogen-bond acceptors (Lipinski definition) is 1. The lowest BCUT2D eigenvalue weighted by Gasteiger charge is -2.10. The number of benzene rings is 2. The monoisotopic (exact) mass is 361 g/mol. The number of pyridine rings is 1. The molecule has 0 aliphatic rings. The zero-order valence-corrected chi connectivity index (χ0v) is 12.4. The molecule has 1 heterocycles. The Hall–Kier alpha value is -1.62. The van der Waals surface area contributed by atoms with Crippen LogP contribution >= 0.6 is 22.6 Å². The van der Waals surface area contributed by atoms with Crippen LogP contribution in [0.3, 0.4) is 0 Å². The third-order valence-electron chi connectivity index (χ3n) is 3.15. The number of hydrogen-bond donors (Lipinski definition) is 0. The molecule has 0 spiro atoms. The van der Waals surface area contributed by atoms with Crippen LogP contribution < -0.4 is 5.43 Å². The summed E-state index contributed by atoms with van der Waals surface area (Å²) in [4.78, 5) is 11.8. The van der Waals surface area contributed by atoms with Gasteiger partial charge in [0.1, 0.15) is 0 Å². The average molecular weight is 361 g/mol. The molecule has 0 atom stereocenters. The number of nitrogens with zero attached hydrogens (tertiary/aromatic N) is 1. The maximum Gasteiger partial charge on any atom is 0.189 e. The predicted octanol–water partition coefficient (Wildman–Crippen LogP) is 3.65. The van der Waals surface area contributed by atoms with Crippen LogP contribution in [0.15, 0.2) is 65.6 Å². The molecule has 0 radical (unpaired) electrons. The van der Waals surface area contributed by atoms with Gasteiger partial charge in [-0.1, -0.05) is 24.3 Å². The van der Waals surface area contributed by atoms with Crippen molar-refractivity contribution >= 4 is 33.5 Å². The highest BCUT2D eigenvalue weighted by Gasteiger charge is 2.02. The van der Waals surface area contributed by atoms with Crippen molar-refractivity contribution in [2.75, 3.05) is 0 Å². The van der Waals surface area contributed by atoms with E-state index in [9.17, 15) is 4.79 Å². The third kappa shape index (κ3) is 2.56. The summed E-state index contributed by atoms with van der Waals surface area (Å²) in [6.07, 6.45) is 1.86. The standard InChI is InChI=1S/C16H12INO/c17-13-7-5-12(6-8-13)11-18-10-9-16(19)14-3-1-2-4-15(14)18/h1-10H,11H2. The molecule has 94 valence electrons. The highest BCUT2D eigenvalue weighted by molar-refractivity contribution is 14.1. The maximum atomic E-state index is 11.8. The minimum atomic E-state index is 0.0782. The summed E-state index contributed by atoms with van der Waals surface area (Å²) < 4.78 is 3.34. The van der Waals surface area contributed by atoms with Gasteiger partial charge in [-0.25, -0.2) is 0 Å². The fourth-order valence-electron chi connectivity index (χ4n) is 2.18. The van der Waals surface area contributed by atoms with Gasteiger partial charge in [0.2, 0.25) is 0 Å². The molecule has 0 N–H and O–H groups in total. The van der Waals surface area contributed by atoms with Gasteiger partial charge in [0.15, 0.2) is 5.43 Å². The fraction of sp³-hybridized carbons (Fsp3) is 0.0625. The van der Waals surface area contributed by atoms with Crippen molar-refractivity contribution < 1.29 is 0 Å². The highest BCUT2D eigenvalue weighted by atomic mass is 127. The summed E-state index contributed by atoms with van der Waals surface area (Å²) in [5.41, 5.74) is 2.29. The SMILES string of the molecule is O=c1ccn(Cc2ccc(I)cc2)c2ccccc12. The molecule has 0 saturated heterocycles. The molecule has 1 aromatic heterocycles. The normalized spacial score (nSPS) is 10.8. The molecule has 3 aromatic rings. The van der Waals surface area contributed by atoms with Crippen LogP contribution in [0.1, 0.15) is 5.56 Å². The Morgan fingerprint density at radius 2 is 1.68 bits per heavy atom. The first-order chi connectivity index (χ1) is 9.24. The van der Waals surface area contributed by atoms with Gasteiger partial charge < -0.3 is 4.57 Å². The van der Waals surface area contributed by atoms with Gasteiger partial charge in [-0.15, -0.1) is 0 Å². The van der Waals surface area contributed by atoms with Crippen molar-refractivity contribution in [2.24, 2.45) is 0 Å². The van der Waals surface area contributed by atoms with Gasteiger partial charge in [-0.05, 0) is 52.4 Å². The van der Waals surface area contributed by atoms with Gasteiger partial charge >= 0.3 is 0 Å². The zero-order chi connectivity index (χ0) is 13.2. The summed E-state index contributed by atoms with van der Waals surface area (Å²) in [5, 5.41) is 0.774. The van der Waals surface area contributed by atoms with E-state index in [1.807, 2.05) is 30.5 Å². The van der Waals surface area contributed by atoms with Crippen LogP contribution in [-0.2, 0) is 6.54 Å². The number of halogens is 1. The first kappa shape index (κ1) is 12.4. The van der Waals surface area contributed by atoms with E-state index < -0.39 is 0 Å². The van der Waals surface area contributed by atoms with Crippen LogP contribution in [0.5, 0.6) is 0 Å². The van der Waals surface area contributed by atoms with Gasteiger partial charge in [0, 0.05) is 27.8 Å². The molecule has 0 amide bonds. The molecule has 0 aliphatic carbocycles. The van der Waals surface area contributed by atoms with E-state index in [1.54, 1.807) is 6.07 Å². The Labute approximate surface area is 124 Å². The highest BCUT2D eigenvalue weighted by Crippen LogP contribution is 2.13. The molecular weight excluding hydrogens is 349 g/mol. The van der Waals surface area contributed by atoms with Crippen molar-refractivity contribution in [3.05, 3.63) is 80.2 Å². The Kier molecular flexibility index (Phi) is 3.38. The average Bonchev–Trinajstić information content (AvgIpc) is 2.45. The van der Waals surface area contributed by atoms with Crippen LogP contribution in [-0.4, -0.2) is 4.57 Å². The molecule has 0 saturated carbocycles. The van der Waals surface area contributed by atoms with Gasteiger partial charge in [-0.3, -0.25) is 4.79 Å². The molecule has 0 unspecified atom stereocenters. The first-order valence-corrected chi connectivity index (χ1v) is 7.14. The smallest absolute Gasteiger partial charge is 0.189 e. The Bertz CT molecular complexity index is 775. The minimum Gasteiger partial charge on any atom is -0.343 e. The van der Waals surface area contributed by atoms with Gasteiger partial charge in [0.05, 0.1) is 5.52 Å². The molecule has 2 aromatic carbocycles. The van der Waals surface area contributed by atoms with Crippen molar-refractivity contribution in [1.29, 1.82) is 0 Å². The molecule has 19 heavy (non-hydrogen) atoms. The van der Waals surface area contributed by atoms with E-state index in [4.69, 9.17) is 0 Å². The lowest BCUT2D eigenvalue weighted by Crippen LogP contribution is -2.08. The van der Waals surface area contributed by atoms with Gasteiger partial charge in [-0.2, -0.15) is 0 Å². The van der Waals surface area contributed by atoms with E-state index >= 15 is 0 Å². The Morgan fingerprint density at radius 3 is 2.47 bits per heavy atom. The molecule has 3 rings (SSSR count). The summed E-state index contributed by atoms with van der Waals surface area (Å²) >= 11 is 2.30. The lowest BCUT2D eigenvalue weighted by molar-refractivity contribution is 0.825. The van der Waals surface area contributed by atoms with Crippen molar-refractivity contribution in [3.63, 3.8) is 0 Å². The van der Waals surface area contributed by atoms with E-state index in [-0.39, 0.29) is 5.43 Å². The van der Waals surface area contributed by atoms with Crippen LogP contribution in [0, 0.1) is 3.57 Å². The predicted molar refractivity (Wildman–Crippen MR) is 86.5 cm³/mol. The van der Waals surface area contributed by atoms with E-state index in [1.165, 1.54) is 9.13 Å². The molecular formula is C16H12INO. The second-order valence-corrected chi connectivity index (χ2v) is 5.70. The van der Waals surface area contributed by atoms with E-state index in [0.29, 0.717) is 0 Å². The van der Waals surface area contributed by atoms with Crippen molar-refractivity contribution in [2.45, 2.75) is 6.54 Å². The maximum absolute atomic E-state index is 11.8. The number of aromatic nitrogens is 1. The second-order valence-electron chi connectivity index (χ2n) is 4.45. The summed E-state index contributed by atoms with van der Waals surface area (Å²) in [7, 11) is 0. The quantitative estimate of drug-likeness (QED) is 0.639. The molecule has 0 aliphatic heterocycles. The molecule has 0 bridgehead atoms. The second kappa shape index (κ2) is 5.17. The topological polar surface area (TPSA) is 22.0 Å². The van der Waals surface area contributed by atoms with Crippen molar-refractivity contribution in [1.82, 2.24) is 4.57 Å². The Balaban J connectivity index is 2.08. The van der Waals surface area contributed by atoms with Crippen LogP contribution in [0.2, 0.25) is 0 Å². The summed E-state index contributed by atoms with van der Waals surface area (Å²) in [5.74, 6) is 0. The van der Waals surface area contributed by atoms with Crippen LogP contribution in [0.25, 0.3) is 10.9 Å². The Morgan fingerprint density at radius 1 is 0.947 bits per heavy atom. The van der Waals surface area contributed by atoms with E-state index in [0.717, 1.165) is 17.4 Å². The molecule has 0 fully saturated rings. The fourth-order valence-corrected chi connectivity index (χ4v) is 2.54. The summed E-state index contributed by atoms with van der Waals surface area (Å²) in [6, 6.07) is 17.8. The summed E-state index contributed by atoms with van der Waals surface area (Å²) in [6.45, 7) is 0.776. The minimum absolute atomic E-state index is 0.0782. The van der Waals surface area contributed by atoms with Crippen molar-refractivity contribution in [3.8, 4) is 0 Å². The molecule has 3 heteroatoms. The molecule has 2 nitrogen and oxygen atoms in total. The lowest BCUT2D eigenvalue weighted by atomic mass is 10.2. The van der Waals surface area contributed by atoms with E-state index in [2.05, 4.69) is 51.4 Å². The van der Waals surface area contributed by atoms with Crippen LogP contribution in [0.4, 0.5) is 0 Å². The number of rotatable bonds is 2. The number of fused-ring (bicyclic) bond motifs is 1. The zero-order valence-electron chi connectivity index (χ0n) is 10.2. The third-order valence-corrected chi connectivity index (χ3v) is 3.87. The largest absolute Gasteiger partial charge is 0.343 e.